The molecule has 1 aliphatic rings. The maximum absolute atomic E-state index is 12.5. The van der Waals surface area contributed by atoms with Gasteiger partial charge in [-0.3, -0.25) is 9.36 Å². The predicted molar refractivity (Wildman–Crippen MR) is 146 cm³/mol. The Bertz CT molecular complexity index is 997. The first-order valence-corrected chi connectivity index (χ1v) is 14.3. The monoisotopic (exact) mass is 531 g/mol. The van der Waals surface area contributed by atoms with E-state index < -0.39 is 37.1 Å². The highest BCUT2D eigenvalue weighted by Gasteiger charge is 2.47. The van der Waals surface area contributed by atoms with Crippen molar-refractivity contribution in [1.82, 2.24) is 19.5 Å². The Morgan fingerprint density at radius 3 is 2.37 bits per heavy atom. The number of imidazole rings is 1. The van der Waals surface area contributed by atoms with Crippen LogP contribution >= 0.6 is 0 Å². The summed E-state index contributed by atoms with van der Waals surface area (Å²) in [4.78, 5) is 24.7. The number of carbonyl (C=O) groups excluding carboxylic acids is 1. The molecule has 1 aliphatic heterocycles. The van der Waals surface area contributed by atoms with Crippen molar-refractivity contribution in [2.75, 3.05) is 12.3 Å². The molecule has 3 heterocycles. The van der Waals surface area contributed by atoms with E-state index in [0.717, 1.165) is 32.1 Å². The van der Waals surface area contributed by atoms with E-state index in [1.165, 1.54) is 68.6 Å². The molecule has 1 fully saturated rings. The zero-order valence-corrected chi connectivity index (χ0v) is 22.7. The normalized spacial score (nSPS) is 21.6. The summed E-state index contributed by atoms with van der Waals surface area (Å²) in [5.74, 6) is -0.195. The predicted octanol–water partition coefficient (Wildman–Crippen LogP) is 4.61. The van der Waals surface area contributed by atoms with Gasteiger partial charge < -0.3 is 25.4 Å². The number of aliphatic hydroxyl groups is 2. The van der Waals surface area contributed by atoms with Gasteiger partial charge in [0.15, 0.2) is 23.8 Å². The van der Waals surface area contributed by atoms with Crippen molar-refractivity contribution in [3.63, 3.8) is 0 Å². The van der Waals surface area contributed by atoms with Crippen LogP contribution in [0.15, 0.2) is 24.8 Å². The molecule has 38 heavy (non-hydrogen) atoms. The highest BCUT2D eigenvalue weighted by molar-refractivity contribution is 5.81. The summed E-state index contributed by atoms with van der Waals surface area (Å²) in [7, 11) is 0. The Balaban J connectivity index is 1.30. The molecule has 0 aromatic carbocycles. The summed E-state index contributed by atoms with van der Waals surface area (Å²) >= 11 is 0. The van der Waals surface area contributed by atoms with Gasteiger partial charge in [0.2, 0.25) is 0 Å². The van der Waals surface area contributed by atoms with Gasteiger partial charge >= 0.3 is 5.97 Å². The molecule has 0 radical (unpaired) electrons. The van der Waals surface area contributed by atoms with Crippen molar-refractivity contribution in [2.24, 2.45) is 0 Å². The minimum absolute atomic E-state index is 0.211. The number of fused-ring (bicyclic) bond motifs is 1. The second-order valence-corrected chi connectivity index (χ2v) is 10.1. The molecule has 212 valence electrons. The lowest BCUT2D eigenvalue weighted by atomic mass is 10.1. The smallest absolute Gasteiger partial charge is 0.306 e. The number of esters is 1. The van der Waals surface area contributed by atoms with Gasteiger partial charge in [0, 0.05) is 6.42 Å². The zero-order chi connectivity index (χ0) is 27.2. The zero-order valence-electron chi connectivity index (χ0n) is 22.7. The summed E-state index contributed by atoms with van der Waals surface area (Å²) in [5, 5.41) is 20.6. The summed E-state index contributed by atoms with van der Waals surface area (Å²) in [6, 6.07) is 0. The van der Waals surface area contributed by atoms with Crippen molar-refractivity contribution in [3.05, 3.63) is 24.8 Å². The van der Waals surface area contributed by atoms with Crippen LogP contribution in [0.5, 0.6) is 0 Å². The molecule has 10 heteroatoms. The van der Waals surface area contributed by atoms with Crippen LogP contribution in [-0.2, 0) is 14.3 Å². The minimum atomic E-state index is -1.20. The Kier molecular flexibility index (Phi) is 13.0. The van der Waals surface area contributed by atoms with Crippen LogP contribution in [0.4, 0.5) is 5.82 Å². The standard InChI is InChI=1S/C28H45N5O5/c1-2-3-4-5-6-7-8-9-10-11-12-13-14-15-16-17-22(35)38-25-21(18-34)37-28(24(25)36)33-20-32-23-26(29)30-19-31-27(23)33/h9-10,19-21,24-25,28,34,36H,2-8,11-18H2,1H3,(H2,29,30,31)/b10-9-/t21-,24-,25-,28-/m1/s1. The average Bonchev–Trinajstić information content (AvgIpc) is 3.48. The molecule has 2 aromatic heterocycles. The summed E-state index contributed by atoms with van der Waals surface area (Å²) in [6.07, 6.45) is 19.1. The van der Waals surface area contributed by atoms with Gasteiger partial charge in [-0.2, -0.15) is 0 Å². The average molecular weight is 532 g/mol. The number of hydrogen-bond donors (Lipinski definition) is 3. The van der Waals surface area contributed by atoms with Gasteiger partial charge in [0.25, 0.3) is 0 Å². The van der Waals surface area contributed by atoms with Gasteiger partial charge in [-0.1, -0.05) is 70.4 Å². The van der Waals surface area contributed by atoms with Crippen LogP contribution in [0.1, 0.15) is 103 Å². The van der Waals surface area contributed by atoms with Crippen molar-refractivity contribution >= 4 is 23.0 Å². The summed E-state index contributed by atoms with van der Waals surface area (Å²) in [5.41, 5.74) is 6.61. The number of rotatable bonds is 18. The number of carbonyl (C=O) groups is 1. The van der Waals surface area contributed by atoms with Gasteiger partial charge in [-0.25, -0.2) is 15.0 Å². The maximum Gasteiger partial charge on any atom is 0.306 e. The maximum atomic E-state index is 12.5. The van der Waals surface area contributed by atoms with Crippen LogP contribution in [0, 0.1) is 0 Å². The fourth-order valence-corrected chi connectivity index (χ4v) is 4.85. The molecular weight excluding hydrogens is 486 g/mol. The number of nitrogens with two attached hydrogens (primary N) is 1. The Labute approximate surface area is 225 Å². The van der Waals surface area contributed by atoms with E-state index in [-0.39, 0.29) is 12.2 Å². The minimum Gasteiger partial charge on any atom is -0.457 e. The number of allylic oxidation sites excluding steroid dienone is 2. The van der Waals surface area contributed by atoms with Crippen LogP contribution in [0.3, 0.4) is 0 Å². The third kappa shape index (κ3) is 8.74. The number of ether oxygens (including phenoxy) is 2. The second kappa shape index (κ2) is 16.4. The SMILES string of the molecule is CCCCCCCC/C=C\CCCCCCCC(=O)O[C@H]1[C@@H](O)[C@H](n2cnc3c(N)ncnc32)O[C@@H]1CO. The number of unbranched alkanes of at least 4 members (excludes halogenated alkanes) is 11. The van der Waals surface area contributed by atoms with E-state index in [1.807, 2.05) is 0 Å². The molecule has 4 N–H and O–H groups in total. The van der Waals surface area contributed by atoms with Crippen molar-refractivity contribution in [2.45, 2.75) is 121 Å². The molecule has 0 saturated carbocycles. The van der Waals surface area contributed by atoms with E-state index in [9.17, 15) is 15.0 Å². The fraction of sp³-hybridized carbons (Fsp3) is 0.714. The molecule has 0 amide bonds. The molecule has 0 spiro atoms. The molecule has 4 atom stereocenters. The lowest BCUT2D eigenvalue weighted by Gasteiger charge is -2.20. The molecule has 10 nitrogen and oxygen atoms in total. The largest absolute Gasteiger partial charge is 0.457 e. The second-order valence-electron chi connectivity index (χ2n) is 10.1. The van der Waals surface area contributed by atoms with E-state index in [4.69, 9.17) is 15.2 Å². The highest BCUT2D eigenvalue weighted by Crippen LogP contribution is 2.33. The first-order valence-electron chi connectivity index (χ1n) is 14.3. The highest BCUT2D eigenvalue weighted by atomic mass is 16.6. The Morgan fingerprint density at radius 2 is 1.68 bits per heavy atom. The van der Waals surface area contributed by atoms with Gasteiger partial charge in [0.1, 0.15) is 24.1 Å². The van der Waals surface area contributed by atoms with Gasteiger partial charge in [-0.05, 0) is 32.1 Å². The van der Waals surface area contributed by atoms with E-state index in [2.05, 4.69) is 34.0 Å². The number of hydrogen-bond acceptors (Lipinski definition) is 9. The molecule has 0 aliphatic carbocycles. The topological polar surface area (TPSA) is 146 Å². The number of aromatic nitrogens is 4. The van der Waals surface area contributed by atoms with Gasteiger partial charge in [-0.15, -0.1) is 0 Å². The van der Waals surface area contributed by atoms with Crippen molar-refractivity contribution < 1.29 is 24.5 Å². The third-order valence-corrected chi connectivity index (χ3v) is 7.06. The molecule has 3 rings (SSSR count). The third-order valence-electron chi connectivity index (χ3n) is 7.06. The number of nitrogens with zero attached hydrogens (tertiary/aromatic N) is 4. The van der Waals surface area contributed by atoms with Crippen molar-refractivity contribution in [1.29, 1.82) is 0 Å². The van der Waals surface area contributed by atoms with E-state index >= 15 is 0 Å². The molecule has 0 unspecified atom stereocenters. The van der Waals surface area contributed by atoms with Gasteiger partial charge in [0.05, 0.1) is 12.9 Å². The van der Waals surface area contributed by atoms with Crippen LogP contribution < -0.4 is 5.73 Å². The van der Waals surface area contributed by atoms with Crippen LogP contribution in [-0.4, -0.2) is 60.6 Å². The quantitative estimate of drug-likeness (QED) is 0.143. The van der Waals surface area contributed by atoms with Crippen molar-refractivity contribution in [3.8, 4) is 0 Å². The lowest BCUT2D eigenvalue weighted by Crippen LogP contribution is -2.37. The molecular formula is C28H45N5O5. The number of aliphatic hydroxyl groups excluding tert-OH is 2. The van der Waals surface area contributed by atoms with E-state index in [0.29, 0.717) is 11.2 Å². The van der Waals surface area contributed by atoms with Crippen LogP contribution in [0.2, 0.25) is 0 Å². The molecule has 1 saturated heterocycles. The molecule has 2 aromatic rings. The first-order chi connectivity index (χ1) is 18.6. The lowest BCUT2D eigenvalue weighted by molar-refractivity contribution is -0.156. The Hall–Kier alpha value is -2.56. The summed E-state index contributed by atoms with van der Waals surface area (Å²) in [6.45, 7) is 1.85. The Morgan fingerprint density at radius 1 is 1.03 bits per heavy atom. The fourth-order valence-electron chi connectivity index (χ4n) is 4.85. The molecule has 0 bridgehead atoms. The number of anilines is 1. The number of nitrogen functional groups attached to an aromatic ring is 1. The van der Waals surface area contributed by atoms with Crippen LogP contribution in [0.25, 0.3) is 11.2 Å². The first kappa shape index (κ1) is 30.0. The summed E-state index contributed by atoms with van der Waals surface area (Å²) < 4.78 is 12.8. The van der Waals surface area contributed by atoms with E-state index in [1.54, 1.807) is 0 Å².